The lowest BCUT2D eigenvalue weighted by Gasteiger charge is -2.10. The van der Waals surface area contributed by atoms with Gasteiger partial charge in [-0.2, -0.15) is 5.10 Å². The summed E-state index contributed by atoms with van der Waals surface area (Å²) in [7, 11) is 0. The van der Waals surface area contributed by atoms with Crippen LogP contribution in [-0.4, -0.2) is 45.6 Å². The summed E-state index contributed by atoms with van der Waals surface area (Å²) in [6.45, 7) is 2.36. The van der Waals surface area contributed by atoms with Crippen molar-refractivity contribution >= 4 is 46.6 Å². The molecule has 212 valence electrons. The van der Waals surface area contributed by atoms with Gasteiger partial charge in [0.25, 0.3) is 0 Å². The number of H-pyrrole nitrogens is 1. The lowest BCUT2D eigenvalue weighted by Crippen LogP contribution is -2.16. The molecule has 0 aliphatic rings. The molecule has 0 radical (unpaired) electrons. The van der Waals surface area contributed by atoms with Crippen LogP contribution < -0.4 is 10.6 Å². The first-order chi connectivity index (χ1) is 20.5. The molecule has 0 atom stereocenters. The van der Waals surface area contributed by atoms with Crippen LogP contribution in [-0.2, 0) is 22.3 Å². The maximum Gasteiger partial charge on any atom is 0.411 e. The van der Waals surface area contributed by atoms with E-state index in [2.05, 4.69) is 30.8 Å². The van der Waals surface area contributed by atoms with E-state index in [4.69, 9.17) is 9.47 Å². The minimum absolute atomic E-state index is 0.223. The third-order valence-electron chi connectivity index (χ3n) is 6.38. The summed E-state index contributed by atoms with van der Waals surface area (Å²) in [4.78, 5) is 33.1. The number of carbonyl (C=O) groups excluding carboxylic acids is 2. The Hall–Kier alpha value is -5.51. The van der Waals surface area contributed by atoms with Crippen LogP contribution >= 0.6 is 0 Å². The Labute approximate surface area is 242 Å². The number of aromatic amines is 1. The van der Waals surface area contributed by atoms with Gasteiger partial charge in [-0.3, -0.25) is 25.7 Å². The lowest BCUT2D eigenvalue weighted by molar-refractivity contribution is 0.161. The van der Waals surface area contributed by atoms with E-state index in [0.717, 1.165) is 33.4 Å². The highest BCUT2D eigenvalue weighted by molar-refractivity contribution is 5.96. The van der Waals surface area contributed by atoms with Crippen molar-refractivity contribution in [2.24, 2.45) is 0 Å². The van der Waals surface area contributed by atoms with Crippen molar-refractivity contribution in [2.75, 3.05) is 23.8 Å². The van der Waals surface area contributed by atoms with Gasteiger partial charge >= 0.3 is 12.2 Å². The quantitative estimate of drug-likeness (QED) is 0.179. The molecule has 0 aliphatic heterocycles. The smallest absolute Gasteiger partial charge is 0.411 e. The van der Waals surface area contributed by atoms with Crippen molar-refractivity contribution in [1.82, 2.24) is 20.2 Å². The van der Waals surface area contributed by atoms with Gasteiger partial charge in [-0.25, -0.2) is 9.59 Å². The number of benzene rings is 2. The van der Waals surface area contributed by atoms with Gasteiger partial charge in [0.15, 0.2) is 0 Å². The maximum atomic E-state index is 12.4. The first kappa shape index (κ1) is 28.0. The van der Waals surface area contributed by atoms with Crippen LogP contribution in [0.15, 0.2) is 85.2 Å². The fraction of sp³-hybridized carbons (Fsp3) is 0.156. The van der Waals surface area contributed by atoms with E-state index in [1.54, 1.807) is 18.5 Å². The molecule has 0 saturated heterocycles. The molecule has 0 fully saturated rings. The molecule has 2 aromatic carbocycles. The first-order valence-electron chi connectivity index (χ1n) is 13.5. The Morgan fingerprint density at radius 3 is 2.17 bits per heavy atom. The second-order valence-electron chi connectivity index (χ2n) is 9.44. The molecule has 3 heterocycles. The van der Waals surface area contributed by atoms with Gasteiger partial charge < -0.3 is 9.47 Å². The van der Waals surface area contributed by atoms with Crippen molar-refractivity contribution in [3.05, 3.63) is 113 Å². The molecule has 10 heteroatoms. The zero-order chi connectivity index (χ0) is 29.1. The highest BCUT2D eigenvalue weighted by Gasteiger charge is 2.11. The first-order valence-corrected chi connectivity index (χ1v) is 13.5. The van der Waals surface area contributed by atoms with Crippen LogP contribution in [0.1, 0.15) is 28.2 Å². The SMILES string of the molecule is Cc1cc2[nH]nc(/C=C/c3cccc(NC(=O)OCCc4ccccn4)c3)c2cc1NC(=O)OCCc1ccccn1. The van der Waals surface area contributed by atoms with E-state index in [1.807, 2.05) is 85.8 Å². The molecule has 0 spiro atoms. The molecule has 2 amide bonds. The van der Waals surface area contributed by atoms with Crippen molar-refractivity contribution in [2.45, 2.75) is 19.8 Å². The molecule has 3 aromatic heterocycles. The molecule has 3 N–H and O–H groups in total. The number of aryl methyl sites for hydroxylation is 1. The number of anilines is 2. The molecule has 5 aromatic rings. The van der Waals surface area contributed by atoms with Gasteiger partial charge in [0, 0.05) is 53.4 Å². The molecular weight excluding hydrogens is 532 g/mol. The van der Waals surface area contributed by atoms with Crippen molar-refractivity contribution in [3.8, 4) is 0 Å². The number of hydrogen-bond donors (Lipinski definition) is 3. The zero-order valence-corrected chi connectivity index (χ0v) is 23.0. The van der Waals surface area contributed by atoms with Gasteiger partial charge in [0.05, 0.1) is 24.4 Å². The number of nitrogens with one attached hydrogen (secondary N) is 3. The molecule has 0 unspecified atom stereocenters. The second-order valence-corrected chi connectivity index (χ2v) is 9.44. The lowest BCUT2D eigenvalue weighted by atomic mass is 10.1. The van der Waals surface area contributed by atoms with Crippen molar-refractivity contribution in [1.29, 1.82) is 0 Å². The van der Waals surface area contributed by atoms with Gasteiger partial charge in [0.2, 0.25) is 0 Å². The Kier molecular flexibility index (Phi) is 9.15. The van der Waals surface area contributed by atoms with E-state index < -0.39 is 12.2 Å². The van der Waals surface area contributed by atoms with E-state index in [1.165, 1.54) is 0 Å². The predicted octanol–water partition coefficient (Wildman–Crippen LogP) is 6.41. The average molecular weight is 563 g/mol. The Morgan fingerprint density at radius 2 is 1.50 bits per heavy atom. The van der Waals surface area contributed by atoms with E-state index in [-0.39, 0.29) is 13.2 Å². The largest absolute Gasteiger partial charge is 0.449 e. The summed E-state index contributed by atoms with van der Waals surface area (Å²) < 4.78 is 10.6. The topological polar surface area (TPSA) is 131 Å². The Balaban J connectivity index is 1.18. The molecule has 5 rings (SSSR count). The van der Waals surface area contributed by atoms with Crippen molar-refractivity contribution in [3.63, 3.8) is 0 Å². The van der Waals surface area contributed by atoms with Crippen LogP contribution in [0.2, 0.25) is 0 Å². The summed E-state index contributed by atoms with van der Waals surface area (Å²) in [5.74, 6) is 0. The molecule has 42 heavy (non-hydrogen) atoms. The number of hydrogen-bond acceptors (Lipinski definition) is 7. The fourth-order valence-corrected chi connectivity index (χ4v) is 4.24. The molecule has 0 saturated carbocycles. The van der Waals surface area contributed by atoms with Crippen LogP contribution in [0.5, 0.6) is 0 Å². The number of ether oxygens (including phenoxy) is 2. The van der Waals surface area contributed by atoms with Crippen molar-refractivity contribution < 1.29 is 19.1 Å². The van der Waals surface area contributed by atoms with Crippen LogP contribution in [0.4, 0.5) is 21.0 Å². The standard InChI is InChI=1S/C32H30N6O4/c1-22-19-30-27(21-29(22)36-32(40)42-18-14-25-9-3-5-16-34-25)28(37-38-30)12-11-23-7-6-10-26(20-23)35-31(39)41-17-13-24-8-2-4-15-33-24/h2-12,15-16,19-21H,13-14,17-18H2,1H3,(H,35,39)(H,36,40)(H,37,38)/b12-11+. The zero-order valence-electron chi connectivity index (χ0n) is 23.0. The summed E-state index contributed by atoms with van der Waals surface area (Å²) in [5, 5.41) is 13.9. The number of pyridine rings is 2. The Bertz CT molecular complexity index is 1690. The van der Waals surface area contributed by atoms with E-state index in [9.17, 15) is 9.59 Å². The summed E-state index contributed by atoms with van der Waals surface area (Å²) in [6.07, 6.45) is 7.19. The number of amides is 2. The van der Waals surface area contributed by atoms with E-state index >= 15 is 0 Å². The van der Waals surface area contributed by atoms with Gasteiger partial charge in [-0.15, -0.1) is 0 Å². The van der Waals surface area contributed by atoms with Crippen LogP contribution in [0.25, 0.3) is 23.1 Å². The van der Waals surface area contributed by atoms with Gasteiger partial charge in [-0.1, -0.05) is 30.3 Å². The molecule has 0 aliphatic carbocycles. The predicted molar refractivity (Wildman–Crippen MR) is 162 cm³/mol. The maximum absolute atomic E-state index is 12.4. The normalized spacial score (nSPS) is 11.0. The summed E-state index contributed by atoms with van der Waals surface area (Å²) >= 11 is 0. The average Bonchev–Trinajstić information content (AvgIpc) is 3.39. The number of aromatic nitrogens is 4. The highest BCUT2D eigenvalue weighted by atomic mass is 16.6. The minimum Gasteiger partial charge on any atom is -0.449 e. The minimum atomic E-state index is -0.534. The monoisotopic (exact) mass is 562 g/mol. The molecular formula is C32H30N6O4. The van der Waals surface area contributed by atoms with Crippen LogP contribution in [0.3, 0.4) is 0 Å². The molecule has 0 bridgehead atoms. The number of nitrogens with zero attached hydrogens (tertiary/aromatic N) is 3. The third-order valence-corrected chi connectivity index (χ3v) is 6.38. The molecule has 10 nitrogen and oxygen atoms in total. The Morgan fingerprint density at radius 1 is 0.810 bits per heavy atom. The van der Waals surface area contributed by atoms with Gasteiger partial charge in [0.1, 0.15) is 0 Å². The number of carbonyl (C=O) groups is 2. The van der Waals surface area contributed by atoms with Crippen LogP contribution in [0, 0.1) is 6.92 Å². The number of fused-ring (bicyclic) bond motifs is 1. The van der Waals surface area contributed by atoms with Gasteiger partial charge in [-0.05, 0) is 72.7 Å². The second kappa shape index (κ2) is 13.7. The number of rotatable bonds is 10. The highest BCUT2D eigenvalue weighted by Crippen LogP contribution is 2.26. The summed E-state index contributed by atoms with van der Waals surface area (Å²) in [5.41, 5.74) is 6.22. The third kappa shape index (κ3) is 7.79. The fourth-order valence-electron chi connectivity index (χ4n) is 4.24. The summed E-state index contributed by atoms with van der Waals surface area (Å²) in [6, 6.07) is 22.4. The van der Waals surface area contributed by atoms with E-state index in [0.29, 0.717) is 29.9 Å².